The molecule has 0 saturated heterocycles. The molecule has 0 bridgehead atoms. The number of nitrogens with zero attached hydrogens (tertiary/aromatic N) is 3. The predicted octanol–water partition coefficient (Wildman–Crippen LogP) is 0.873. The van der Waals surface area contributed by atoms with Gasteiger partial charge in [-0.1, -0.05) is 0 Å². The molecule has 0 aliphatic carbocycles. The van der Waals surface area contributed by atoms with Crippen molar-refractivity contribution in [2.45, 2.75) is 11.3 Å². The summed E-state index contributed by atoms with van der Waals surface area (Å²) >= 11 is 0. The highest BCUT2D eigenvalue weighted by atomic mass is 32.2. The Bertz CT molecular complexity index is 647. The molecule has 7 heteroatoms. The summed E-state index contributed by atoms with van der Waals surface area (Å²) in [5.74, 6) is 0.903. The SMILES string of the molecule is Cn1cnnc1CCNc1ccc(S(C)(=O)=O)cc1. The van der Waals surface area contributed by atoms with Crippen molar-refractivity contribution in [3.63, 3.8) is 0 Å². The van der Waals surface area contributed by atoms with Crippen molar-refractivity contribution in [1.82, 2.24) is 14.8 Å². The third-order valence-electron chi connectivity index (χ3n) is 2.77. The number of nitrogens with one attached hydrogen (secondary N) is 1. The molecular formula is C12H16N4O2S. The van der Waals surface area contributed by atoms with Gasteiger partial charge in [-0.3, -0.25) is 0 Å². The zero-order valence-electron chi connectivity index (χ0n) is 10.9. The second-order valence-corrected chi connectivity index (χ2v) is 6.35. The molecule has 102 valence electrons. The van der Waals surface area contributed by atoms with Gasteiger partial charge in [0, 0.05) is 32.0 Å². The number of aromatic nitrogens is 3. The molecule has 1 N–H and O–H groups in total. The van der Waals surface area contributed by atoms with Gasteiger partial charge >= 0.3 is 0 Å². The van der Waals surface area contributed by atoms with Crippen LogP contribution in [0.3, 0.4) is 0 Å². The molecule has 0 saturated carbocycles. The standard InChI is InChI=1S/C12H16N4O2S/c1-16-9-14-15-12(16)7-8-13-10-3-5-11(6-4-10)19(2,17)18/h3-6,9,13H,7-8H2,1-2H3. The van der Waals surface area contributed by atoms with E-state index < -0.39 is 9.84 Å². The lowest BCUT2D eigenvalue weighted by Gasteiger charge is -2.06. The van der Waals surface area contributed by atoms with E-state index in [1.54, 1.807) is 30.6 Å². The largest absolute Gasteiger partial charge is 0.385 e. The van der Waals surface area contributed by atoms with Gasteiger partial charge in [-0.2, -0.15) is 0 Å². The molecule has 2 aromatic rings. The minimum atomic E-state index is -3.13. The van der Waals surface area contributed by atoms with Crippen LogP contribution in [0.1, 0.15) is 5.82 Å². The normalized spacial score (nSPS) is 11.5. The van der Waals surface area contributed by atoms with Gasteiger partial charge in [0.15, 0.2) is 9.84 Å². The Hall–Kier alpha value is -1.89. The Balaban J connectivity index is 1.92. The molecule has 0 spiro atoms. The first-order valence-corrected chi connectivity index (χ1v) is 7.73. The van der Waals surface area contributed by atoms with E-state index in [-0.39, 0.29) is 0 Å². The van der Waals surface area contributed by atoms with Gasteiger partial charge in [0.25, 0.3) is 0 Å². The summed E-state index contributed by atoms with van der Waals surface area (Å²) in [7, 11) is -1.23. The van der Waals surface area contributed by atoms with Crippen molar-refractivity contribution in [1.29, 1.82) is 0 Å². The van der Waals surface area contributed by atoms with Crippen LogP contribution >= 0.6 is 0 Å². The molecule has 0 amide bonds. The van der Waals surface area contributed by atoms with Crippen LogP contribution in [0.5, 0.6) is 0 Å². The van der Waals surface area contributed by atoms with Crippen LogP contribution in [0.4, 0.5) is 5.69 Å². The van der Waals surface area contributed by atoms with Crippen LogP contribution in [0.15, 0.2) is 35.5 Å². The van der Waals surface area contributed by atoms with Crippen LogP contribution in [-0.4, -0.2) is 36.0 Å². The van der Waals surface area contributed by atoms with Crippen LogP contribution < -0.4 is 5.32 Å². The van der Waals surface area contributed by atoms with Crippen molar-refractivity contribution < 1.29 is 8.42 Å². The van der Waals surface area contributed by atoms with Crippen LogP contribution in [-0.2, 0) is 23.3 Å². The maximum Gasteiger partial charge on any atom is 0.175 e. The summed E-state index contributed by atoms with van der Waals surface area (Å²) in [4.78, 5) is 0.325. The fourth-order valence-corrected chi connectivity index (χ4v) is 2.30. The molecule has 0 aliphatic rings. The number of rotatable bonds is 5. The van der Waals surface area contributed by atoms with E-state index in [0.717, 1.165) is 17.9 Å². The average Bonchev–Trinajstić information content (AvgIpc) is 2.75. The molecule has 0 fully saturated rings. The predicted molar refractivity (Wildman–Crippen MR) is 72.7 cm³/mol. The Kier molecular flexibility index (Phi) is 3.84. The van der Waals surface area contributed by atoms with E-state index in [9.17, 15) is 8.42 Å². The highest BCUT2D eigenvalue weighted by Gasteiger charge is 2.06. The third kappa shape index (κ3) is 3.54. The number of hydrogen-bond donors (Lipinski definition) is 1. The van der Waals surface area contributed by atoms with Gasteiger partial charge in [-0.15, -0.1) is 10.2 Å². The molecular weight excluding hydrogens is 264 g/mol. The molecule has 1 heterocycles. The first-order valence-electron chi connectivity index (χ1n) is 5.84. The van der Waals surface area contributed by atoms with E-state index in [1.807, 2.05) is 11.6 Å². The van der Waals surface area contributed by atoms with E-state index in [0.29, 0.717) is 11.4 Å². The van der Waals surface area contributed by atoms with Crippen molar-refractivity contribution in [2.75, 3.05) is 18.1 Å². The molecule has 2 rings (SSSR count). The van der Waals surface area contributed by atoms with Crippen LogP contribution in [0, 0.1) is 0 Å². The lowest BCUT2D eigenvalue weighted by molar-refractivity contribution is 0.602. The highest BCUT2D eigenvalue weighted by molar-refractivity contribution is 7.90. The minimum Gasteiger partial charge on any atom is -0.385 e. The Morgan fingerprint density at radius 2 is 1.95 bits per heavy atom. The Morgan fingerprint density at radius 1 is 1.26 bits per heavy atom. The highest BCUT2D eigenvalue weighted by Crippen LogP contribution is 2.13. The van der Waals surface area contributed by atoms with E-state index in [2.05, 4.69) is 15.5 Å². The molecule has 1 aromatic heterocycles. The topological polar surface area (TPSA) is 76.9 Å². The monoisotopic (exact) mass is 280 g/mol. The molecule has 0 unspecified atom stereocenters. The van der Waals surface area contributed by atoms with Crippen molar-refractivity contribution >= 4 is 15.5 Å². The van der Waals surface area contributed by atoms with Gasteiger partial charge in [0.05, 0.1) is 4.90 Å². The van der Waals surface area contributed by atoms with Gasteiger partial charge in [-0.25, -0.2) is 8.42 Å². The first-order chi connectivity index (χ1) is 8.97. The first kappa shape index (κ1) is 13.5. The molecule has 1 aromatic carbocycles. The molecule has 0 atom stereocenters. The van der Waals surface area contributed by atoms with Crippen molar-refractivity contribution in [3.05, 3.63) is 36.4 Å². The molecule has 0 aliphatic heterocycles. The fourth-order valence-electron chi connectivity index (χ4n) is 1.67. The minimum absolute atomic E-state index is 0.325. The fraction of sp³-hybridized carbons (Fsp3) is 0.333. The summed E-state index contributed by atoms with van der Waals surface area (Å²) < 4.78 is 24.5. The third-order valence-corrected chi connectivity index (χ3v) is 3.89. The smallest absolute Gasteiger partial charge is 0.175 e. The molecule has 19 heavy (non-hydrogen) atoms. The summed E-state index contributed by atoms with van der Waals surface area (Å²) in [5, 5.41) is 11.0. The number of hydrogen-bond acceptors (Lipinski definition) is 5. The van der Waals surface area contributed by atoms with Crippen LogP contribution in [0.25, 0.3) is 0 Å². The average molecular weight is 280 g/mol. The van der Waals surface area contributed by atoms with E-state index in [4.69, 9.17) is 0 Å². The summed E-state index contributed by atoms with van der Waals surface area (Å²) in [5.41, 5.74) is 0.884. The van der Waals surface area contributed by atoms with Crippen molar-refractivity contribution in [2.24, 2.45) is 7.05 Å². The maximum atomic E-state index is 11.3. The summed E-state index contributed by atoms with van der Waals surface area (Å²) in [6, 6.07) is 6.71. The zero-order valence-corrected chi connectivity index (χ0v) is 11.7. The van der Waals surface area contributed by atoms with Gasteiger partial charge in [-0.05, 0) is 24.3 Å². The van der Waals surface area contributed by atoms with Crippen LogP contribution in [0.2, 0.25) is 0 Å². The maximum absolute atomic E-state index is 11.3. The summed E-state index contributed by atoms with van der Waals surface area (Å²) in [6.45, 7) is 0.713. The lowest BCUT2D eigenvalue weighted by atomic mass is 10.3. The zero-order chi connectivity index (χ0) is 13.9. The lowest BCUT2D eigenvalue weighted by Crippen LogP contribution is -2.08. The number of anilines is 1. The second-order valence-electron chi connectivity index (χ2n) is 4.33. The Morgan fingerprint density at radius 3 is 2.47 bits per heavy atom. The van der Waals surface area contributed by atoms with Crippen molar-refractivity contribution in [3.8, 4) is 0 Å². The number of sulfone groups is 1. The van der Waals surface area contributed by atoms with Gasteiger partial charge in [0.1, 0.15) is 12.2 Å². The Labute approximate surface area is 112 Å². The van der Waals surface area contributed by atoms with Gasteiger partial charge in [0.2, 0.25) is 0 Å². The second kappa shape index (κ2) is 5.40. The number of aryl methyl sites for hydroxylation is 1. The molecule has 6 nitrogen and oxygen atoms in total. The van der Waals surface area contributed by atoms with Gasteiger partial charge < -0.3 is 9.88 Å². The summed E-state index contributed by atoms with van der Waals surface area (Å²) in [6.07, 6.45) is 3.62. The number of benzene rings is 1. The van der Waals surface area contributed by atoms with E-state index >= 15 is 0 Å². The molecule has 0 radical (unpaired) electrons. The quantitative estimate of drug-likeness (QED) is 0.879. The van der Waals surface area contributed by atoms with E-state index in [1.165, 1.54) is 6.26 Å².